The van der Waals surface area contributed by atoms with Crippen LogP contribution in [0, 0.1) is 0 Å². The van der Waals surface area contributed by atoms with Crippen molar-refractivity contribution in [3.05, 3.63) is 0 Å². The van der Waals surface area contributed by atoms with Crippen LogP contribution in [-0.2, 0) is 0 Å². The quantitative estimate of drug-likeness (QED) is 0.364. The van der Waals surface area contributed by atoms with Gasteiger partial charge in [-0.05, 0) is 0 Å². The van der Waals surface area contributed by atoms with Crippen LogP contribution < -0.4 is 0 Å². The number of halogens is 3. The van der Waals surface area contributed by atoms with Crippen molar-refractivity contribution in [2.45, 2.75) is 0 Å². The maximum atomic E-state index is 9.67. The van der Waals surface area contributed by atoms with Gasteiger partial charge in [-0.2, -0.15) is 0 Å². The first kappa shape index (κ1) is 9.04. The van der Waals surface area contributed by atoms with Crippen molar-refractivity contribution in [1.82, 2.24) is 0 Å². The summed E-state index contributed by atoms with van der Waals surface area (Å²) in [6.07, 6.45) is 0. The fraction of sp³-hybridized carbons (Fsp3) is 0. The summed E-state index contributed by atoms with van der Waals surface area (Å²) in [7, 11) is -3.67. The van der Waals surface area contributed by atoms with Crippen molar-refractivity contribution in [3.8, 4) is 0 Å². The van der Waals surface area contributed by atoms with Gasteiger partial charge in [0.05, 0.1) is 0 Å². The summed E-state index contributed by atoms with van der Waals surface area (Å²) in [6, 6.07) is 0. The summed E-state index contributed by atoms with van der Waals surface area (Å²) in [4.78, 5) is 0. The van der Waals surface area contributed by atoms with E-state index in [9.17, 15) is 12.9 Å². The van der Waals surface area contributed by atoms with E-state index in [0.717, 1.165) is 0 Å². The lowest BCUT2D eigenvalue weighted by Crippen LogP contribution is -1.76. The van der Waals surface area contributed by atoms with E-state index < -0.39 is 7.54 Å². The molecule has 0 heterocycles. The Bertz CT molecular complexity index is 11.6. The topological polar surface area (TPSA) is 0 Å². The van der Waals surface area contributed by atoms with E-state index in [2.05, 4.69) is 0 Å². The lowest BCUT2D eigenvalue weighted by atomic mass is 10.5. The third kappa shape index (κ3) is 167. The second kappa shape index (κ2) is 4.39. The molecule has 0 N–H and O–H groups in total. The van der Waals surface area contributed by atoms with Crippen molar-refractivity contribution < 1.29 is 12.9 Å². The maximum absolute atomic E-state index is 9.67. The molecular formula is H3AlBF3. The van der Waals surface area contributed by atoms with E-state index in [1.165, 1.54) is 0 Å². The molecule has 0 nitrogen and oxygen atoms in total. The third-order valence-corrected chi connectivity index (χ3v) is 0. The van der Waals surface area contributed by atoms with Gasteiger partial charge in [-0.15, -0.1) is 0 Å². The predicted molar refractivity (Wildman–Crippen MR) is 19.0 cm³/mol. The molecule has 0 aliphatic heterocycles. The van der Waals surface area contributed by atoms with Crippen LogP contribution in [0.25, 0.3) is 0 Å². The molecule has 0 unspecified atom stereocenters. The average molecular weight is 97.8 g/mol. The Morgan fingerprint density at radius 1 is 1.00 bits per heavy atom. The Hall–Kier alpha value is 0.387. The van der Waals surface area contributed by atoms with Crippen LogP contribution in [0.15, 0.2) is 0 Å². The largest absolute Gasteiger partial charge is 0.762 e. The average Bonchev–Trinajstić information content (AvgIpc) is 0.811. The van der Waals surface area contributed by atoms with E-state index in [-0.39, 0.29) is 17.4 Å². The summed E-state index contributed by atoms with van der Waals surface area (Å²) in [6.45, 7) is 0. The van der Waals surface area contributed by atoms with Crippen molar-refractivity contribution in [1.29, 1.82) is 0 Å². The molecule has 5 heavy (non-hydrogen) atoms. The van der Waals surface area contributed by atoms with Crippen molar-refractivity contribution in [3.63, 3.8) is 0 Å². The van der Waals surface area contributed by atoms with Gasteiger partial charge in [0.25, 0.3) is 0 Å². The molecule has 0 aromatic rings. The standard InChI is InChI=1S/Al.BF3.3H/c;2-1(3)4;;;. The van der Waals surface area contributed by atoms with Crippen molar-refractivity contribution in [2.75, 3.05) is 0 Å². The molecule has 0 rings (SSSR count). The van der Waals surface area contributed by atoms with Crippen molar-refractivity contribution in [2.24, 2.45) is 0 Å². The lowest BCUT2D eigenvalue weighted by molar-refractivity contribution is 0.535. The number of rotatable bonds is 0. The van der Waals surface area contributed by atoms with Gasteiger partial charge in [0.2, 0.25) is 0 Å². The predicted octanol–water partition coefficient (Wildman–Crippen LogP) is -0.304. The lowest BCUT2D eigenvalue weighted by Gasteiger charge is -1.55. The van der Waals surface area contributed by atoms with Gasteiger partial charge in [-0.3, -0.25) is 12.9 Å². The summed E-state index contributed by atoms with van der Waals surface area (Å²) in [5.74, 6) is 0. The Morgan fingerprint density at radius 3 is 1.00 bits per heavy atom. The minimum atomic E-state index is -3.67. The first-order chi connectivity index (χ1) is 1.73. The normalized spacial score (nSPS) is 5.40. The Kier molecular flexibility index (Phi) is 7.93. The van der Waals surface area contributed by atoms with Gasteiger partial charge in [-0.1, -0.05) is 0 Å². The van der Waals surface area contributed by atoms with Crippen molar-refractivity contribution >= 4 is 24.9 Å². The second-order valence-electron chi connectivity index (χ2n) is 0.247. The Balaban J connectivity index is 0. The molecule has 0 saturated carbocycles. The van der Waals surface area contributed by atoms with E-state index in [1.807, 2.05) is 0 Å². The minimum absolute atomic E-state index is 0. The molecule has 0 fully saturated rings. The Morgan fingerprint density at radius 2 is 1.00 bits per heavy atom. The monoisotopic (exact) mass is 98.0 g/mol. The van der Waals surface area contributed by atoms with Crippen LogP contribution in [0.2, 0.25) is 0 Å². The molecule has 0 spiro atoms. The van der Waals surface area contributed by atoms with Crippen LogP contribution in [0.1, 0.15) is 0 Å². The molecular weight excluding hydrogens is 94.8 g/mol. The molecule has 0 aliphatic rings. The fourth-order valence-corrected chi connectivity index (χ4v) is 0. The molecule has 30 valence electrons. The highest BCUT2D eigenvalue weighted by molar-refractivity contribution is 6.33. The molecule has 0 saturated heterocycles. The zero-order chi connectivity index (χ0) is 3.58. The van der Waals surface area contributed by atoms with E-state index >= 15 is 0 Å². The smallest absolute Gasteiger partial charge is 0.254 e. The summed E-state index contributed by atoms with van der Waals surface area (Å²) in [5, 5.41) is 0. The molecule has 0 aromatic carbocycles. The molecule has 0 aromatic heterocycles. The molecule has 0 amide bonds. The molecule has 0 atom stereocenters. The highest BCUT2D eigenvalue weighted by Gasteiger charge is 2.06. The number of hydrogen-bond acceptors (Lipinski definition) is 0. The van der Waals surface area contributed by atoms with Crippen LogP contribution in [0.3, 0.4) is 0 Å². The number of hydrogen-bond donors (Lipinski definition) is 0. The first-order valence-electron chi connectivity index (χ1n) is 0.655. The summed E-state index contributed by atoms with van der Waals surface area (Å²) >= 11 is 0. The minimum Gasteiger partial charge on any atom is -0.254 e. The van der Waals surface area contributed by atoms with Gasteiger partial charge in [0.1, 0.15) is 0 Å². The highest BCUT2D eigenvalue weighted by atomic mass is 27.0. The van der Waals surface area contributed by atoms with E-state index in [1.54, 1.807) is 0 Å². The third-order valence-electron chi connectivity index (χ3n) is 0. The van der Waals surface area contributed by atoms with Crippen LogP contribution in [0.4, 0.5) is 12.9 Å². The van der Waals surface area contributed by atoms with Gasteiger partial charge in [0.15, 0.2) is 17.4 Å². The molecule has 0 radical (unpaired) electrons. The Labute approximate surface area is 38.7 Å². The first-order valence-corrected chi connectivity index (χ1v) is 0.655. The van der Waals surface area contributed by atoms with Gasteiger partial charge in [0, 0.05) is 0 Å². The highest BCUT2D eigenvalue weighted by Crippen LogP contribution is 1.80. The zero-order valence-electron chi connectivity index (χ0n) is 1.71. The van der Waals surface area contributed by atoms with Crippen LogP contribution in [-0.4, -0.2) is 24.9 Å². The molecule has 0 bridgehead atoms. The van der Waals surface area contributed by atoms with E-state index in [0.29, 0.717) is 0 Å². The van der Waals surface area contributed by atoms with Crippen LogP contribution in [0.5, 0.6) is 0 Å². The van der Waals surface area contributed by atoms with Crippen LogP contribution >= 0.6 is 0 Å². The SMILES string of the molecule is FB(F)F.[AlH3]. The second-order valence-corrected chi connectivity index (χ2v) is 0.247. The molecule has 0 aliphatic carbocycles. The van der Waals surface area contributed by atoms with Gasteiger partial charge in [-0.25, -0.2) is 0 Å². The van der Waals surface area contributed by atoms with Gasteiger partial charge < -0.3 is 0 Å². The van der Waals surface area contributed by atoms with E-state index in [4.69, 9.17) is 0 Å². The summed E-state index contributed by atoms with van der Waals surface area (Å²) < 4.78 is 29.0. The fourth-order valence-electron chi connectivity index (χ4n) is 0. The van der Waals surface area contributed by atoms with Gasteiger partial charge >= 0.3 is 7.54 Å². The molecule has 5 heteroatoms. The summed E-state index contributed by atoms with van der Waals surface area (Å²) in [5.41, 5.74) is 0. The zero-order valence-corrected chi connectivity index (χ0v) is 1.71. The maximum Gasteiger partial charge on any atom is 0.762 e.